The summed E-state index contributed by atoms with van der Waals surface area (Å²) in [6, 6.07) is 0. The molecule has 2 heteroatoms. The minimum atomic E-state index is 0.522. The van der Waals surface area contributed by atoms with Crippen molar-refractivity contribution in [1.29, 1.82) is 0 Å². The van der Waals surface area contributed by atoms with Crippen LogP contribution in [0.4, 0.5) is 0 Å². The molecule has 0 atom stereocenters. The average molecular weight is 213 g/mol. The molecule has 1 saturated heterocycles. The first kappa shape index (κ1) is 13.0. The zero-order chi connectivity index (χ0) is 11.3. The fraction of sp³-hybridized carbons (Fsp3) is 1.00. The predicted octanol–water partition coefficient (Wildman–Crippen LogP) is 2.78. The number of hydrogen-bond donors (Lipinski definition) is 0. The van der Waals surface area contributed by atoms with E-state index < -0.39 is 0 Å². The highest BCUT2D eigenvalue weighted by Gasteiger charge is 2.37. The molecule has 15 heavy (non-hydrogen) atoms. The number of hydrogen-bond acceptors (Lipinski definition) is 2. The largest absolute Gasteiger partial charge is 0.380 e. The molecule has 0 aliphatic carbocycles. The molecule has 0 N–H and O–H groups in total. The van der Waals surface area contributed by atoms with Gasteiger partial charge in [0.2, 0.25) is 0 Å². The Morgan fingerprint density at radius 1 is 1.27 bits per heavy atom. The molecule has 1 fully saturated rings. The van der Waals surface area contributed by atoms with Gasteiger partial charge in [-0.05, 0) is 38.9 Å². The second-order valence-corrected chi connectivity index (χ2v) is 5.57. The van der Waals surface area contributed by atoms with Crippen molar-refractivity contribution in [1.82, 2.24) is 4.90 Å². The number of rotatable bonds is 7. The first-order chi connectivity index (χ1) is 7.08. The van der Waals surface area contributed by atoms with Gasteiger partial charge in [0.1, 0.15) is 0 Å². The Morgan fingerprint density at radius 2 is 1.93 bits per heavy atom. The molecule has 0 spiro atoms. The van der Waals surface area contributed by atoms with Crippen LogP contribution in [0.1, 0.15) is 40.0 Å². The van der Waals surface area contributed by atoms with Crippen molar-refractivity contribution in [2.24, 2.45) is 11.3 Å². The molecule has 1 rings (SSSR count). The monoisotopic (exact) mass is 213 g/mol. The van der Waals surface area contributed by atoms with Gasteiger partial charge in [-0.25, -0.2) is 0 Å². The summed E-state index contributed by atoms with van der Waals surface area (Å²) in [4.78, 5) is 2.40. The highest BCUT2D eigenvalue weighted by atomic mass is 16.5. The summed E-state index contributed by atoms with van der Waals surface area (Å²) in [5, 5.41) is 0. The lowest BCUT2D eigenvalue weighted by atomic mass is 9.77. The van der Waals surface area contributed by atoms with E-state index >= 15 is 0 Å². The average Bonchev–Trinajstić information content (AvgIpc) is 2.14. The van der Waals surface area contributed by atoms with Crippen LogP contribution in [-0.4, -0.2) is 38.3 Å². The van der Waals surface area contributed by atoms with Gasteiger partial charge in [0, 0.05) is 5.41 Å². The summed E-state index contributed by atoms with van der Waals surface area (Å²) >= 11 is 0. The summed E-state index contributed by atoms with van der Waals surface area (Å²) in [5.41, 5.74) is 0.522. The maximum atomic E-state index is 5.42. The van der Waals surface area contributed by atoms with E-state index in [1.54, 1.807) is 0 Å². The van der Waals surface area contributed by atoms with E-state index in [4.69, 9.17) is 4.74 Å². The van der Waals surface area contributed by atoms with E-state index in [0.29, 0.717) is 5.41 Å². The van der Waals surface area contributed by atoms with Crippen LogP contribution in [0.15, 0.2) is 0 Å². The smallest absolute Gasteiger partial charge is 0.0545 e. The van der Waals surface area contributed by atoms with Crippen molar-refractivity contribution in [3.63, 3.8) is 0 Å². The van der Waals surface area contributed by atoms with Crippen LogP contribution in [0, 0.1) is 11.3 Å². The van der Waals surface area contributed by atoms with Crippen LogP contribution < -0.4 is 0 Å². The van der Waals surface area contributed by atoms with Gasteiger partial charge in [-0.1, -0.05) is 27.2 Å². The molecule has 2 nitrogen and oxygen atoms in total. The van der Waals surface area contributed by atoms with Crippen molar-refractivity contribution in [2.75, 3.05) is 33.4 Å². The molecular formula is C13H27NO. The van der Waals surface area contributed by atoms with Crippen molar-refractivity contribution in [3.05, 3.63) is 0 Å². The zero-order valence-corrected chi connectivity index (χ0v) is 10.9. The number of ether oxygens (including phenoxy) is 1. The zero-order valence-electron chi connectivity index (χ0n) is 10.9. The normalized spacial score (nSPS) is 19.6. The van der Waals surface area contributed by atoms with Crippen molar-refractivity contribution in [2.45, 2.75) is 40.0 Å². The lowest BCUT2D eigenvalue weighted by molar-refractivity contribution is -0.125. The van der Waals surface area contributed by atoms with Gasteiger partial charge in [0.15, 0.2) is 0 Å². The third kappa shape index (κ3) is 4.12. The minimum Gasteiger partial charge on any atom is -0.380 e. The molecule has 0 aromatic rings. The van der Waals surface area contributed by atoms with E-state index in [-0.39, 0.29) is 0 Å². The molecule has 0 radical (unpaired) electrons. The molecule has 0 amide bonds. The lowest BCUT2D eigenvalue weighted by Crippen LogP contribution is -2.44. The van der Waals surface area contributed by atoms with Gasteiger partial charge in [-0.3, -0.25) is 0 Å². The Kier molecular flexibility index (Phi) is 5.07. The van der Waals surface area contributed by atoms with Crippen LogP contribution in [0.25, 0.3) is 0 Å². The van der Waals surface area contributed by atoms with Crippen molar-refractivity contribution in [3.8, 4) is 0 Å². The third-order valence-electron chi connectivity index (χ3n) is 3.63. The molecule has 0 aromatic heterocycles. The fourth-order valence-corrected chi connectivity index (χ4v) is 1.99. The summed E-state index contributed by atoms with van der Waals surface area (Å²) in [6.07, 6.45) is 4.01. The Balaban J connectivity index is 2.26. The van der Waals surface area contributed by atoms with E-state index in [9.17, 15) is 0 Å². The van der Waals surface area contributed by atoms with Crippen molar-refractivity contribution >= 4 is 0 Å². The van der Waals surface area contributed by atoms with Gasteiger partial charge in [0.05, 0.1) is 13.2 Å². The molecule has 0 saturated carbocycles. The van der Waals surface area contributed by atoms with Crippen LogP contribution in [-0.2, 0) is 4.74 Å². The molecule has 0 aromatic carbocycles. The molecule has 0 unspecified atom stereocenters. The summed E-state index contributed by atoms with van der Waals surface area (Å²) < 4.78 is 5.42. The Morgan fingerprint density at radius 3 is 2.33 bits per heavy atom. The van der Waals surface area contributed by atoms with Crippen LogP contribution in [0.5, 0.6) is 0 Å². The van der Waals surface area contributed by atoms with E-state index in [0.717, 1.165) is 25.7 Å². The van der Waals surface area contributed by atoms with Gasteiger partial charge >= 0.3 is 0 Å². The minimum absolute atomic E-state index is 0.522. The number of nitrogens with zero attached hydrogens (tertiary/aromatic N) is 1. The van der Waals surface area contributed by atoms with Gasteiger partial charge < -0.3 is 9.64 Å². The quantitative estimate of drug-likeness (QED) is 0.645. The van der Waals surface area contributed by atoms with Crippen LogP contribution >= 0.6 is 0 Å². The highest BCUT2D eigenvalue weighted by Crippen LogP contribution is 2.37. The van der Waals surface area contributed by atoms with Crippen LogP contribution in [0.2, 0.25) is 0 Å². The second kappa shape index (κ2) is 5.86. The highest BCUT2D eigenvalue weighted by molar-refractivity contribution is 4.86. The molecule has 90 valence electrons. The summed E-state index contributed by atoms with van der Waals surface area (Å²) in [6.45, 7) is 11.2. The Bertz CT molecular complexity index is 175. The predicted molar refractivity (Wildman–Crippen MR) is 65.1 cm³/mol. The maximum Gasteiger partial charge on any atom is 0.0545 e. The molecule has 0 bridgehead atoms. The topological polar surface area (TPSA) is 12.5 Å². The second-order valence-electron chi connectivity index (χ2n) is 5.57. The Labute approximate surface area is 95.0 Å². The lowest BCUT2D eigenvalue weighted by Gasteiger charge is -2.43. The standard InChI is InChI=1S/C13H27NO/c1-5-14(4)9-8-13(10-15-11-13)7-6-12(2)3/h12H,5-11H2,1-4H3. The molecular weight excluding hydrogens is 186 g/mol. The van der Waals surface area contributed by atoms with E-state index in [1.807, 2.05) is 0 Å². The van der Waals surface area contributed by atoms with Crippen molar-refractivity contribution < 1.29 is 4.74 Å². The summed E-state index contributed by atoms with van der Waals surface area (Å²) in [7, 11) is 2.20. The van der Waals surface area contributed by atoms with E-state index in [2.05, 4.69) is 32.7 Å². The van der Waals surface area contributed by atoms with E-state index in [1.165, 1.54) is 25.8 Å². The molecule has 1 aliphatic heterocycles. The van der Waals surface area contributed by atoms with Gasteiger partial charge in [-0.15, -0.1) is 0 Å². The first-order valence-corrected chi connectivity index (χ1v) is 6.34. The molecule has 1 aliphatic rings. The summed E-state index contributed by atoms with van der Waals surface area (Å²) in [5.74, 6) is 0.825. The van der Waals surface area contributed by atoms with Crippen LogP contribution in [0.3, 0.4) is 0 Å². The SMILES string of the molecule is CCN(C)CCC1(CCC(C)C)COC1. The maximum absolute atomic E-state index is 5.42. The first-order valence-electron chi connectivity index (χ1n) is 6.34. The van der Waals surface area contributed by atoms with Gasteiger partial charge in [0.25, 0.3) is 0 Å². The fourth-order valence-electron chi connectivity index (χ4n) is 1.99. The van der Waals surface area contributed by atoms with Gasteiger partial charge in [-0.2, -0.15) is 0 Å². The molecule has 1 heterocycles. The Hall–Kier alpha value is -0.0800. The third-order valence-corrected chi connectivity index (χ3v) is 3.63.